The lowest BCUT2D eigenvalue weighted by atomic mass is 9.97. The van der Waals surface area contributed by atoms with Crippen molar-refractivity contribution in [1.29, 1.82) is 0 Å². The smallest absolute Gasteiger partial charge is 0.324 e. The molecule has 0 unspecified atom stereocenters. The lowest BCUT2D eigenvalue weighted by Crippen LogP contribution is -2.43. The van der Waals surface area contributed by atoms with Crippen LogP contribution in [0.25, 0.3) is 17.2 Å². The molecule has 0 radical (unpaired) electrons. The highest BCUT2D eigenvalue weighted by Crippen LogP contribution is 2.37. The number of amides is 2. The molecule has 8 nitrogen and oxygen atoms in total. The molecule has 0 saturated carbocycles. The number of hydrogen-bond acceptors (Lipinski definition) is 5. The standard InChI is InChI=1S/C21H23FN6O2/c1-21(2,3)19-24-18(25-30-19)17-16-11-27(20(29)26-8-4-5-9-26)15-10-13(22)6-7-14(15)28(16)12-23-17/h6-7,10,12H,4-5,8-9,11H2,1-3H3. The van der Waals surface area contributed by atoms with Gasteiger partial charge in [0.2, 0.25) is 11.7 Å². The van der Waals surface area contributed by atoms with E-state index in [0.29, 0.717) is 41.9 Å². The predicted molar refractivity (Wildman–Crippen MR) is 108 cm³/mol. The van der Waals surface area contributed by atoms with Gasteiger partial charge in [0.05, 0.1) is 23.6 Å². The van der Waals surface area contributed by atoms with Gasteiger partial charge in [-0.2, -0.15) is 4.98 Å². The Bertz CT molecular complexity index is 1120. The Kier molecular flexibility index (Phi) is 4.16. The largest absolute Gasteiger partial charge is 0.338 e. The van der Waals surface area contributed by atoms with E-state index >= 15 is 0 Å². The Morgan fingerprint density at radius 2 is 1.93 bits per heavy atom. The van der Waals surface area contributed by atoms with Crippen LogP contribution >= 0.6 is 0 Å². The zero-order valence-electron chi connectivity index (χ0n) is 17.2. The first-order chi connectivity index (χ1) is 14.3. The molecule has 9 heteroatoms. The molecule has 2 aromatic heterocycles. The van der Waals surface area contributed by atoms with Crippen molar-refractivity contribution in [3.63, 3.8) is 0 Å². The molecule has 1 aromatic carbocycles. The molecule has 30 heavy (non-hydrogen) atoms. The predicted octanol–water partition coefficient (Wildman–Crippen LogP) is 3.89. The van der Waals surface area contributed by atoms with Crippen LogP contribution < -0.4 is 4.90 Å². The molecule has 0 atom stereocenters. The fraction of sp³-hybridized carbons (Fsp3) is 0.429. The lowest BCUT2D eigenvalue weighted by molar-refractivity contribution is 0.214. The quantitative estimate of drug-likeness (QED) is 0.608. The summed E-state index contributed by atoms with van der Waals surface area (Å²) < 4.78 is 21.4. The number of likely N-dealkylation sites (tertiary alicyclic amines) is 1. The molecule has 3 aromatic rings. The third kappa shape index (κ3) is 2.96. The van der Waals surface area contributed by atoms with Crippen LogP contribution in [0.4, 0.5) is 14.9 Å². The summed E-state index contributed by atoms with van der Waals surface area (Å²) in [4.78, 5) is 25.7. The van der Waals surface area contributed by atoms with Crippen LogP contribution in [0.15, 0.2) is 29.0 Å². The number of halogens is 1. The second-order valence-corrected chi connectivity index (χ2v) is 8.78. The maximum atomic E-state index is 14.1. The van der Waals surface area contributed by atoms with E-state index in [-0.39, 0.29) is 23.8 Å². The number of imidazole rings is 1. The number of urea groups is 1. The molecular weight excluding hydrogens is 387 g/mol. The van der Waals surface area contributed by atoms with E-state index in [9.17, 15) is 9.18 Å². The molecule has 0 spiro atoms. The average molecular weight is 410 g/mol. The summed E-state index contributed by atoms with van der Waals surface area (Å²) in [7, 11) is 0. The minimum absolute atomic E-state index is 0.124. The molecular formula is C21H23FN6O2. The Morgan fingerprint density at radius 3 is 2.63 bits per heavy atom. The van der Waals surface area contributed by atoms with Crippen LogP contribution in [0.2, 0.25) is 0 Å². The van der Waals surface area contributed by atoms with Crippen molar-refractivity contribution in [3.05, 3.63) is 41.9 Å². The van der Waals surface area contributed by atoms with E-state index in [1.165, 1.54) is 12.1 Å². The molecule has 5 rings (SSSR count). The summed E-state index contributed by atoms with van der Waals surface area (Å²) in [6.45, 7) is 7.66. The van der Waals surface area contributed by atoms with E-state index in [0.717, 1.165) is 18.5 Å². The Labute approximate surface area is 173 Å². The van der Waals surface area contributed by atoms with E-state index < -0.39 is 0 Å². The summed E-state index contributed by atoms with van der Waals surface area (Å²) in [5, 5.41) is 4.11. The minimum Gasteiger partial charge on any atom is -0.338 e. The summed E-state index contributed by atoms with van der Waals surface area (Å²) in [6, 6.07) is 4.33. The maximum Gasteiger partial charge on any atom is 0.324 e. The molecule has 2 amide bonds. The molecule has 2 aliphatic heterocycles. The van der Waals surface area contributed by atoms with Crippen molar-refractivity contribution in [1.82, 2.24) is 24.6 Å². The first-order valence-corrected chi connectivity index (χ1v) is 10.1. The monoisotopic (exact) mass is 410 g/mol. The van der Waals surface area contributed by atoms with Crippen molar-refractivity contribution in [2.45, 2.75) is 45.6 Å². The summed E-state index contributed by atoms with van der Waals surface area (Å²) in [6.07, 6.45) is 3.63. The third-order valence-electron chi connectivity index (χ3n) is 5.55. The average Bonchev–Trinajstić information content (AvgIpc) is 3.45. The Hall–Kier alpha value is -3.23. The van der Waals surface area contributed by atoms with Crippen LogP contribution in [0.5, 0.6) is 0 Å². The van der Waals surface area contributed by atoms with Crippen LogP contribution in [0.1, 0.15) is 45.2 Å². The number of rotatable bonds is 1. The second kappa shape index (κ2) is 6.65. The number of anilines is 1. The van der Waals surface area contributed by atoms with Crippen molar-refractivity contribution in [2.24, 2.45) is 0 Å². The summed E-state index contributed by atoms with van der Waals surface area (Å²) >= 11 is 0. The fourth-order valence-electron chi connectivity index (χ4n) is 3.94. The fourth-order valence-corrected chi connectivity index (χ4v) is 3.94. The van der Waals surface area contributed by atoms with Gasteiger partial charge in [-0.05, 0) is 31.0 Å². The minimum atomic E-state index is -0.384. The van der Waals surface area contributed by atoms with Gasteiger partial charge in [0.15, 0.2) is 0 Å². The van der Waals surface area contributed by atoms with Gasteiger partial charge < -0.3 is 9.42 Å². The number of benzene rings is 1. The topological polar surface area (TPSA) is 80.3 Å². The molecule has 0 bridgehead atoms. The number of fused-ring (bicyclic) bond motifs is 3. The number of carbonyl (C=O) groups is 1. The Morgan fingerprint density at radius 1 is 1.17 bits per heavy atom. The van der Waals surface area contributed by atoms with E-state index in [2.05, 4.69) is 15.1 Å². The molecule has 0 N–H and O–H groups in total. The number of aromatic nitrogens is 4. The van der Waals surface area contributed by atoms with Gasteiger partial charge >= 0.3 is 6.03 Å². The van der Waals surface area contributed by atoms with Crippen molar-refractivity contribution in [3.8, 4) is 17.2 Å². The number of hydrogen-bond donors (Lipinski definition) is 0. The van der Waals surface area contributed by atoms with Crippen molar-refractivity contribution in [2.75, 3.05) is 18.0 Å². The normalized spacial score (nSPS) is 16.0. The van der Waals surface area contributed by atoms with Gasteiger partial charge in [-0.3, -0.25) is 9.47 Å². The number of nitrogens with zero attached hydrogens (tertiary/aromatic N) is 6. The van der Waals surface area contributed by atoms with Gasteiger partial charge in [-0.15, -0.1) is 0 Å². The maximum absolute atomic E-state index is 14.1. The molecule has 1 fully saturated rings. The number of carbonyl (C=O) groups excluding carboxylic acids is 1. The van der Waals surface area contributed by atoms with Gasteiger partial charge in [0.25, 0.3) is 0 Å². The van der Waals surface area contributed by atoms with Crippen LogP contribution in [-0.2, 0) is 12.0 Å². The zero-order chi connectivity index (χ0) is 21.0. The summed E-state index contributed by atoms with van der Waals surface area (Å²) in [5.41, 5.74) is 2.27. The zero-order valence-corrected chi connectivity index (χ0v) is 17.2. The van der Waals surface area contributed by atoms with E-state index in [4.69, 9.17) is 4.52 Å². The first-order valence-electron chi connectivity index (χ1n) is 10.1. The molecule has 0 aliphatic carbocycles. The van der Waals surface area contributed by atoms with Crippen LogP contribution in [-0.4, -0.2) is 43.7 Å². The SMILES string of the molecule is CC(C)(C)c1nc(-c2ncn3c2CN(C(=O)N2CCCC2)c2cc(F)ccc2-3)no1. The first kappa shape index (κ1) is 18.8. The third-order valence-corrected chi connectivity index (χ3v) is 5.55. The highest BCUT2D eigenvalue weighted by Gasteiger charge is 2.34. The Balaban J connectivity index is 1.60. The van der Waals surface area contributed by atoms with Gasteiger partial charge in [-0.25, -0.2) is 14.2 Å². The molecule has 156 valence electrons. The highest BCUT2D eigenvalue weighted by molar-refractivity contribution is 5.95. The molecule has 4 heterocycles. The highest BCUT2D eigenvalue weighted by atomic mass is 19.1. The van der Waals surface area contributed by atoms with Crippen molar-refractivity contribution >= 4 is 11.7 Å². The van der Waals surface area contributed by atoms with Crippen molar-refractivity contribution < 1.29 is 13.7 Å². The summed E-state index contributed by atoms with van der Waals surface area (Å²) in [5.74, 6) is 0.514. The molecule has 1 saturated heterocycles. The van der Waals surface area contributed by atoms with Crippen LogP contribution in [0.3, 0.4) is 0 Å². The molecule has 2 aliphatic rings. The van der Waals surface area contributed by atoms with E-state index in [1.807, 2.05) is 30.2 Å². The lowest BCUT2D eigenvalue weighted by Gasteiger charge is -2.33. The van der Waals surface area contributed by atoms with Gasteiger partial charge in [0.1, 0.15) is 17.8 Å². The van der Waals surface area contributed by atoms with Gasteiger partial charge in [-0.1, -0.05) is 25.9 Å². The van der Waals surface area contributed by atoms with Gasteiger partial charge in [0, 0.05) is 18.5 Å². The second-order valence-electron chi connectivity index (χ2n) is 8.78. The van der Waals surface area contributed by atoms with E-state index in [1.54, 1.807) is 17.3 Å². The van der Waals surface area contributed by atoms with Crippen LogP contribution in [0, 0.1) is 5.82 Å².